The van der Waals surface area contributed by atoms with Gasteiger partial charge in [0.05, 0.1) is 17.5 Å². The summed E-state index contributed by atoms with van der Waals surface area (Å²) in [5, 5.41) is 11.6. The Bertz CT molecular complexity index is 685. The van der Waals surface area contributed by atoms with Crippen molar-refractivity contribution in [3.8, 4) is 0 Å². The minimum absolute atomic E-state index is 0.0955. The van der Waals surface area contributed by atoms with Crippen LogP contribution in [0, 0.1) is 6.92 Å². The van der Waals surface area contributed by atoms with Gasteiger partial charge in [0.1, 0.15) is 6.04 Å². The Morgan fingerprint density at radius 1 is 1.30 bits per heavy atom. The number of amides is 1. The largest absolute Gasteiger partial charge is 0.480 e. The van der Waals surface area contributed by atoms with Crippen molar-refractivity contribution in [1.29, 1.82) is 0 Å². The predicted molar refractivity (Wildman–Crippen MR) is 88.1 cm³/mol. The molecule has 1 aromatic carbocycles. The van der Waals surface area contributed by atoms with E-state index >= 15 is 0 Å². The van der Waals surface area contributed by atoms with Gasteiger partial charge in [-0.15, -0.1) is 0 Å². The molecule has 1 amide bonds. The van der Waals surface area contributed by atoms with Crippen molar-refractivity contribution in [2.24, 2.45) is 0 Å². The van der Waals surface area contributed by atoms with E-state index in [0.717, 1.165) is 18.2 Å². The van der Waals surface area contributed by atoms with Gasteiger partial charge in [0.25, 0.3) is 5.91 Å². The average molecular weight is 342 g/mol. The molecule has 0 heterocycles. The number of carbonyl (C=O) groups is 2. The van der Waals surface area contributed by atoms with E-state index in [4.69, 9.17) is 0 Å². The maximum atomic E-state index is 12.4. The number of aryl methyl sites for hydroxylation is 1. The van der Waals surface area contributed by atoms with Crippen molar-refractivity contribution in [3.63, 3.8) is 0 Å². The van der Waals surface area contributed by atoms with Crippen LogP contribution in [0.5, 0.6) is 0 Å². The van der Waals surface area contributed by atoms with E-state index in [1.807, 2.05) is 6.92 Å². The van der Waals surface area contributed by atoms with Gasteiger partial charge in [-0.25, -0.2) is 13.2 Å². The van der Waals surface area contributed by atoms with Gasteiger partial charge >= 0.3 is 5.97 Å². The molecule has 0 aliphatic rings. The lowest BCUT2D eigenvalue weighted by Crippen LogP contribution is -2.41. The molecule has 1 atom stereocenters. The van der Waals surface area contributed by atoms with Crippen molar-refractivity contribution in [1.82, 2.24) is 5.32 Å². The predicted octanol–water partition coefficient (Wildman–Crippen LogP) is 1.74. The highest BCUT2D eigenvalue weighted by molar-refractivity contribution is 7.92. The van der Waals surface area contributed by atoms with E-state index in [9.17, 15) is 23.1 Å². The molecule has 0 aliphatic carbocycles. The molecule has 0 aromatic heterocycles. The summed E-state index contributed by atoms with van der Waals surface area (Å²) < 4.78 is 25.1. The minimum Gasteiger partial charge on any atom is -0.480 e. The fraction of sp³-hybridized carbons (Fsp3) is 0.467. The van der Waals surface area contributed by atoms with Crippen molar-refractivity contribution in [2.45, 2.75) is 39.2 Å². The number of benzene rings is 1. The number of nitrogens with one attached hydrogen (secondary N) is 2. The van der Waals surface area contributed by atoms with Crippen LogP contribution in [0.1, 0.15) is 42.1 Å². The van der Waals surface area contributed by atoms with Crippen LogP contribution in [-0.2, 0) is 14.8 Å². The zero-order chi connectivity index (χ0) is 17.6. The highest BCUT2D eigenvalue weighted by Gasteiger charge is 2.22. The number of anilines is 1. The van der Waals surface area contributed by atoms with Gasteiger partial charge in [-0.2, -0.15) is 0 Å². The second-order valence-electron chi connectivity index (χ2n) is 5.43. The SMILES string of the molecule is CCCC[C@H](NC(=O)c1cc(C)ccc1NS(C)(=O)=O)C(=O)O. The molecule has 0 aliphatic heterocycles. The van der Waals surface area contributed by atoms with E-state index in [2.05, 4.69) is 10.0 Å². The number of carboxylic acids is 1. The monoisotopic (exact) mass is 342 g/mol. The first-order valence-electron chi connectivity index (χ1n) is 7.26. The topological polar surface area (TPSA) is 113 Å². The summed E-state index contributed by atoms with van der Waals surface area (Å²) in [7, 11) is -3.55. The summed E-state index contributed by atoms with van der Waals surface area (Å²) in [5.41, 5.74) is 0.975. The standard InChI is InChI=1S/C15H22N2O5S/c1-4-5-6-13(15(19)20)16-14(18)11-9-10(2)7-8-12(11)17-23(3,21)22/h7-9,13,17H,4-6H2,1-3H3,(H,16,18)(H,19,20)/t13-/m0/s1. The Morgan fingerprint density at radius 3 is 2.48 bits per heavy atom. The van der Waals surface area contributed by atoms with Crippen LogP contribution in [0.2, 0.25) is 0 Å². The van der Waals surface area contributed by atoms with Gasteiger partial charge in [0, 0.05) is 0 Å². The molecule has 0 saturated carbocycles. The highest BCUT2D eigenvalue weighted by Crippen LogP contribution is 2.19. The fourth-order valence-electron chi connectivity index (χ4n) is 2.04. The minimum atomic E-state index is -3.55. The Hall–Kier alpha value is -2.09. The van der Waals surface area contributed by atoms with Gasteiger partial charge < -0.3 is 10.4 Å². The van der Waals surface area contributed by atoms with Crippen molar-refractivity contribution in [3.05, 3.63) is 29.3 Å². The molecular formula is C15H22N2O5S. The second kappa shape index (κ2) is 7.96. The summed E-state index contributed by atoms with van der Waals surface area (Å²) in [6.07, 6.45) is 2.78. The van der Waals surface area contributed by atoms with E-state index in [0.29, 0.717) is 12.8 Å². The van der Waals surface area contributed by atoms with E-state index in [1.54, 1.807) is 13.0 Å². The molecule has 1 aromatic rings. The molecule has 0 saturated heterocycles. The van der Waals surface area contributed by atoms with Crippen LogP contribution in [-0.4, -0.2) is 37.7 Å². The van der Waals surface area contributed by atoms with Crippen LogP contribution < -0.4 is 10.0 Å². The molecule has 0 radical (unpaired) electrons. The average Bonchev–Trinajstić information content (AvgIpc) is 2.43. The molecule has 23 heavy (non-hydrogen) atoms. The molecule has 0 spiro atoms. The van der Waals surface area contributed by atoms with Gasteiger partial charge in [-0.3, -0.25) is 9.52 Å². The highest BCUT2D eigenvalue weighted by atomic mass is 32.2. The molecule has 0 unspecified atom stereocenters. The third-order valence-electron chi connectivity index (χ3n) is 3.16. The van der Waals surface area contributed by atoms with Gasteiger partial charge in [-0.1, -0.05) is 31.4 Å². The zero-order valence-electron chi connectivity index (χ0n) is 13.4. The first-order chi connectivity index (χ1) is 10.6. The quantitative estimate of drug-likeness (QED) is 0.666. The summed E-state index contributed by atoms with van der Waals surface area (Å²) >= 11 is 0. The number of unbranched alkanes of at least 4 members (excludes halogenated alkanes) is 1. The molecule has 1 rings (SSSR count). The molecule has 3 N–H and O–H groups in total. The van der Waals surface area contributed by atoms with E-state index in [1.165, 1.54) is 12.1 Å². The van der Waals surface area contributed by atoms with Crippen molar-refractivity contribution < 1.29 is 23.1 Å². The third kappa shape index (κ3) is 6.27. The first-order valence-corrected chi connectivity index (χ1v) is 9.15. The van der Waals surface area contributed by atoms with Gasteiger partial charge in [0.15, 0.2) is 0 Å². The number of carboxylic acid groups (broad SMARTS) is 1. The smallest absolute Gasteiger partial charge is 0.326 e. The lowest BCUT2D eigenvalue weighted by Gasteiger charge is -2.16. The van der Waals surface area contributed by atoms with Crippen LogP contribution in [0.4, 0.5) is 5.69 Å². The number of sulfonamides is 1. The van der Waals surface area contributed by atoms with Crippen LogP contribution >= 0.6 is 0 Å². The summed E-state index contributed by atoms with van der Waals surface area (Å²) in [6, 6.07) is 3.65. The molecule has 128 valence electrons. The second-order valence-corrected chi connectivity index (χ2v) is 7.18. The molecule has 7 nitrogen and oxygen atoms in total. The summed E-state index contributed by atoms with van der Waals surface area (Å²) in [6.45, 7) is 3.68. The number of rotatable bonds is 8. The lowest BCUT2D eigenvalue weighted by atomic mass is 10.1. The van der Waals surface area contributed by atoms with Gasteiger partial charge in [-0.05, 0) is 25.5 Å². The Kier molecular flexibility index (Phi) is 6.56. The zero-order valence-corrected chi connectivity index (χ0v) is 14.2. The maximum absolute atomic E-state index is 12.4. The Balaban J connectivity index is 3.05. The number of aliphatic carboxylic acids is 1. The van der Waals surface area contributed by atoms with Crippen molar-refractivity contribution in [2.75, 3.05) is 11.0 Å². The Morgan fingerprint density at radius 2 is 1.96 bits per heavy atom. The number of hydrogen-bond donors (Lipinski definition) is 3. The van der Waals surface area contributed by atoms with E-state index in [-0.39, 0.29) is 11.3 Å². The first kappa shape index (κ1) is 19.0. The van der Waals surface area contributed by atoms with Gasteiger partial charge in [0.2, 0.25) is 10.0 Å². The summed E-state index contributed by atoms with van der Waals surface area (Å²) in [5.74, 6) is -1.74. The molecule has 8 heteroatoms. The van der Waals surface area contributed by atoms with Crippen LogP contribution in [0.25, 0.3) is 0 Å². The normalized spacial score (nSPS) is 12.5. The maximum Gasteiger partial charge on any atom is 0.326 e. The Labute approximate surface area is 136 Å². The lowest BCUT2D eigenvalue weighted by molar-refractivity contribution is -0.139. The molecule has 0 fully saturated rings. The fourth-order valence-corrected chi connectivity index (χ4v) is 2.61. The number of carbonyl (C=O) groups excluding carboxylic acids is 1. The molecular weight excluding hydrogens is 320 g/mol. The number of hydrogen-bond acceptors (Lipinski definition) is 4. The van der Waals surface area contributed by atoms with Crippen molar-refractivity contribution >= 4 is 27.6 Å². The summed E-state index contributed by atoms with van der Waals surface area (Å²) in [4.78, 5) is 23.6. The van der Waals surface area contributed by atoms with Crippen LogP contribution in [0.15, 0.2) is 18.2 Å². The van der Waals surface area contributed by atoms with Crippen LogP contribution in [0.3, 0.4) is 0 Å². The third-order valence-corrected chi connectivity index (χ3v) is 3.76. The van der Waals surface area contributed by atoms with E-state index < -0.39 is 27.9 Å². The molecule has 0 bridgehead atoms.